The van der Waals surface area contributed by atoms with E-state index in [0.29, 0.717) is 27.6 Å². The van der Waals surface area contributed by atoms with E-state index in [1.54, 1.807) is 12.1 Å². The minimum Gasteiger partial charge on any atom is -0.381 e. The average molecular weight is 383 g/mol. The maximum Gasteiger partial charge on any atom is 0.244 e. The van der Waals surface area contributed by atoms with E-state index in [-0.39, 0.29) is 11.9 Å². The molecule has 1 aromatic carbocycles. The normalized spacial score (nSPS) is 22.6. The highest BCUT2D eigenvalue weighted by molar-refractivity contribution is 6.42. The fourth-order valence-corrected chi connectivity index (χ4v) is 4.11. The molecular weight excluding hydrogens is 363 g/mol. The summed E-state index contributed by atoms with van der Waals surface area (Å²) in [6.07, 6.45) is 3.90. The molecule has 2 aromatic rings. The van der Waals surface area contributed by atoms with Crippen molar-refractivity contribution in [1.29, 1.82) is 0 Å². The Balaban J connectivity index is 1.49. The number of H-pyrrole nitrogens is 1. The SMILES string of the molecule is O=C(Nc1nc2cc(Cl)c(Cl)cc2[nH]1)[C@@H]1CCCN1C1CCOCC1. The first kappa shape index (κ1) is 17.1. The van der Waals surface area contributed by atoms with Crippen LogP contribution in [0.5, 0.6) is 0 Å². The van der Waals surface area contributed by atoms with Gasteiger partial charge >= 0.3 is 0 Å². The summed E-state index contributed by atoms with van der Waals surface area (Å²) in [5.41, 5.74) is 1.43. The predicted octanol–water partition coefficient (Wildman–Crippen LogP) is 3.45. The standard InChI is InChI=1S/C17H20Cl2N4O2/c18-11-8-13-14(9-12(11)19)21-17(20-13)22-16(24)15-2-1-5-23(15)10-3-6-25-7-4-10/h8-10,15H,1-7H2,(H2,20,21,22,24)/t15-/m0/s1. The van der Waals surface area contributed by atoms with Gasteiger partial charge in [0.2, 0.25) is 11.9 Å². The number of fused-ring (bicyclic) bond motifs is 1. The highest BCUT2D eigenvalue weighted by Crippen LogP contribution is 2.29. The molecule has 2 aliphatic rings. The third-order valence-electron chi connectivity index (χ3n) is 5.02. The molecule has 3 heterocycles. The van der Waals surface area contributed by atoms with Crippen molar-refractivity contribution in [1.82, 2.24) is 14.9 Å². The minimum atomic E-state index is -0.108. The van der Waals surface area contributed by atoms with Gasteiger partial charge < -0.3 is 9.72 Å². The van der Waals surface area contributed by atoms with Crippen LogP contribution in [0.2, 0.25) is 10.0 Å². The van der Waals surface area contributed by atoms with Crippen LogP contribution in [0.25, 0.3) is 11.0 Å². The summed E-state index contributed by atoms with van der Waals surface area (Å²) >= 11 is 12.0. The molecule has 2 N–H and O–H groups in total. The van der Waals surface area contributed by atoms with E-state index in [9.17, 15) is 4.79 Å². The molecular formula is C17H20Cl2N4O2. The second kappa shape index (κ2) is 7.11. The molecule has 0 saturated carbocycles. The second-order valence-corrected chi connectivity index (χ2v) is 7.41. The van der Waals surface area contributed by atoms with Gasteiger partial charge in [0.25, 0.3) is 0 Å². The second-order valence-electron chi connectivity index (χ2n) is 6.60. The number of carbonyl (C=O) groups excluding carboxylic acids is 1. The number of hydrogen-bond acceptors (Lipinski definition) is 4. The number of anilines is 1. The number of likely N-dealkylation sites (tertiary alicyclic amines) is 1. The monoisotopic (exact) mass is 382 g/mol. The Hall–Kier alpha value is -1.34. The molecule has 2 saturated heterocycles. The van der Waals surface area contributed by atoms with Crippen molar-refractivity contribution < 1.29 is 9.53 Å². The number of nitrogens with zero attached hydrogens (tertiary/aromatic N) is 2. The largest absolute Gasteiger partial charge is 0.381 e. The highest BCUT2D eigenvalue weighted by Gasteiger charge is 2.36. The van der Waals surface area contributed by atoms with Gasteiger partial charge in [-0.05, 0) is 44.4 Å². The Labute approximate surface area is 155 Å². The molecule has 8 heteroatoms. The molecule has 1 amide bonds. The fourth-order valence-electron chi connectivity index (χ4n) is 3.79. The third kappa shape index (κ3) is 3.49. The van der Waals surface area contributed by atoms with Gasteiger partial charge in [0.15, 0.2) is 0 Å². The molecule has 2 aliphatic heterocycles. The number of carbonyl (C=O) groups is 1. The van der Waals surface area contributed by atoms with Crippen molar-refractivity contribution in [2.24, 2.45) is 0 Å². The van der Waals surface area contributed by atoms with Crippen molar-refractivity contribution in [3.8, 4) is 0 Å². The summed E-state index contributed by atoms with van der Waals surface area (Å²) in [6, 6.07) is 3.73. The molecule has 1 aromatic heterocycles. The van der Waals surface area contributed by atoms with Crippen molar-refractivity contribution in [3.05, 3.63) is 22.2 Å². The van der Waals surface area contributed by atoms with Crippen LogP contribution >= 0.6 is 23.2 Å². The molecule has 0 radical (unpaired) electrons. The van der Waals surface area contributed by atoms with Crippen LogP contribution in [0.1, 0.15) is 25.7 Å². The lowest BCUT2D eigenvalue weighted by molar-refractivity contribution is -0.121. The van der Waals surface area contributed by atoms with Gasteiger partial charge in [-0.2, -0.15) is 0 Å². The van der Waals surface area contributed by atoms with Crippen molar-refractivity contribution in [3.63, 3.8) is 0 Å². The summed E-state index contributed by atoms with van der Waals surface area (Å²) in [5, 5.41) is 3.82. The van der Waals surface area contributed by atoms with Crippen LogP contribution in [-0.4, -0.2) is 52.6 Å². The Kier molecular flexibility index (Phi) is 4.86. The Morgan fingerprint density at radius 1 is 1.24 bits per heavy atom. The van der Waals surface area contributed by atoms with Gasteiger partial charge in [-0.25, -0.2) is 4.98 Å². The van der Waals surface area contributed by atoms with Gasteiger partial charge in [0.05, 0.1) is 27.1 Å². The smallest absolute Gasteiger partial charge is 0.244 e. The van der Waals surface area contributed by atoms with E-state index in [1.165, 1.54) is 0 Å². The van der Waals surface area contributed by atoms with Crippen LogP contribution in [0, 0.1) is 0 Å². The van der Waals surface area contributed by atoms with E-state index in [1.807, 2.05) is 0 Å². The Morgan fingerprint density at radius 3 is 2.80 bits per heavy atom. The molecule has 134 valence electrons. The topological polar surface area (TPSA) is 70.2 Å². The van der Waals surface area contributed by atoms with Gasteiger partial charge in [0, 0.05) is 19.3 Å². The van der Waals surface area contributed by atoms with Gasteiger partial charge in [0.1, 0.15) is 0 Å². The first-order valence-electron chi connectivity index (χ1n) is 8.61. The average Bonchev–Trinajstić information content (AvgIpc) is 3.23. The highest BCUT2D eigenvalue weighted by atomic mass is 35.5. The lowest BCUT2D eigenvalue weighted by Gasteiger charge is -2.34. The Bertz CT molecular complexity index is 749. The van der Waals surface area contributed by atoms with E-state index < -0.39 is 0 Å². The van der Waals surface area contributed by atoms with Crippen LogP contribution in [0.15, 0.2) is 12.1 Å². The summed E-state index contributed by atoms with van der Waals surface area (Å²) in [7, 11) is 0. The molecule has 1 atom stereocenters. The number of aromatic nitrogens is 2. The van der Waals surface area contributed by atoms with Gasteiger partial charge in [-0.3, -0.25) is 15.0 Å². The fraction of sp³-hybridized carbons (Fsp3) is 0.529. The first-order valence-corrected chi connectivity index (χ1v) is 9.36. The maximum absolute atomic E-state index is 12.8. The lowest BCUT2D eigenvalue weighted by Crippen LogP contribution is -2.47. The molecule has 2 fully saturated rings. The molecule has 0 bridgehead atoms. The van der Waals surface area contributed by atoms with E-state index in [4.69, 9.17) is 27.9 Å². The van der Waals surface area contributed by atoms with Crippen LogP contribution < -0.4 is 5.32 Å². The maximum atomic E-state index is 12.8. The zero-order valence-electron chi connectivity index (χ0n) is 13.7. The number of rotatable bonds is 3. The lowest BCUT2D eigenvalue weighted by atomic mass is 10.1. The number of ether oxygens (including phenoxy) is 1. The van der Waals surface area contributed by atoms with Crippen LogP contribution in [0.4, 0.5) is 5.95 Å². The summed E-state index contributed by atoms with van der Waals surface area (Å²) in [5.74, 6) is 0.414. The number of aromatic amines is 1. The number of amides is 1. The van der Waals surface area contributed by atoms with Crippen molar-refractivity contribution in [2.45, 2.75) is 37.8 Å². The predicted molar refractivity (Wildman–Crippen MR) is 98.3 cm³/mol. The number of benzene rings is 1. The number of imidazole rings is 1. The zero-order valence-corrected chi connectivity index (χ0v) is 15.2. The summed E-state index contributed by atoms with van der Waals surface area (Å²) < 4.78 is 5.44. The van der Waals surface area contributed by atoms with Crippen LogP contribution in [0.3, 0.4) is 0 Å². The Morgan fingerprint density at radius 2 is 2.00 bits per heavy atom. The number of hydrogen-bond donors (Lipinski definition) is 2. The molecule has 4 rings (SSSR count). The molecule has 0 unspecified atom stereocenters. The van der Waals surface area contributed by atoms with Crippen molar-refractivity contribution in [2.75, 3.05) is 25.1 Å². The summed E-state index contributed by atoms with van der Waals surface area (Å²) in [4.78, 5) is 22.6. The van der Waals surface area contributed by atoms with Gasteiger partial charge in [-0.1, -0.05) is 23.2 Å². The van der Waals surface area contributed by atoms with Gasteiger partial charge in [-0.15, -0.1) is 0 Å². The minimum absolute atomic E-state index is 0.0137. The van der Waals surface area contributed by atoms with Crippen LogP contribution in [-0.2, 0) is 9.53 Å². The van der Waals surface area contributed by atoms with E-state index >= 15 is 0 Å². The molecule has 6 nitrogen and oxygen atoms in total. The number of halogens is 2. The van der Waals surface area contributed by atoms with Crippen molar-refractivity contribution >= 4 is 46.1 Å². The quantitative estimate of drug-likeness (QED) is 0.852. The molecule has 25 heavy (non-hydrogen) atoms. The number of nitrogens with one attached hydrogen (secondary N) is 2. The molecule has 0 aliphatic carbocycles. The zero-order chi connectivity index (χ0) is 17.4. The van der Waals surface area contributed by atoms with E-state index in [2.05, 4.69) is 20.2 Å². The van der Waals surface area contributed by atoms with E-state index in [0.717, 1.165) is 51.0 Å². The third-order valence-corrected chi connectivity index (χ3v) is 5.74. The first-order chi connectivity index (χ1) is 12.1. The molecule has 0 spiro atoms. The summed E-state index contributed by atoms with van der Waals surface area (Å²) in [6.45, 7) is 2.52.